The molecule has 2 N–H and O–H groups in total. The third-order valence-corrected chi connectivity index (χ3v) is 3.49. The van der Waals surface area contributed by atoms with Crippen molar-refractivity contribution in [1.29, 1.82) is 0 Å². The van der Waals surface area contributed by atoms with Gasteiger partial charge in [-0.25, -0.2) is 4.79 Å². The molecule has 0 spiro atoms. The summed E-state index contributed by atoms with van der Waals surface area (Å²) in [6.45, 7) is 1.82. The first-order valence-electron chi connectivity index (χ1n) is 6.84. The molecule has 0 aromatic heterocycles. The number of halogens is 1. The standard InChI is InChI=1S/C17H16ClNO3/c1-11(8-12-4-2-6-14(18)9-12)16(20)19-15-7-3-5-13(10-15)17(21)22/h2-7,9-11H,8H2,1H3,(H,19,20)(H,21,22). The zero-order chi connectivity index (χ0) is 16.1. The molecule has 0 heterocycles. The van der Waals surface area contributed by atoms with E-state index in [1.165, 1.54) is 12.1 Å². The number of amides is 1. The molecule has 0 aliphatic carbocycles. The summed E-state index contributed by atoms with van der Waals surface area (Å²) in [5.41, 5.74) is 1.59. The fourth-order valence-electron chi connectivity index (χ4n) is 2.11. The van der Waals surface area contributed by atoms with Crippen molar-refractivity contribution in [3.05, 3.63) is 64.7 Å². The Labute approximate surface area is 133 Å². The van der Waals surface area contributed by atoms with Crippen molar-refractivity contribution >= 4 is 29.2 Å². The van der Waals surface area contributed by atoms with E-state index >= 15 is 0 Å². The number of carbonyl (C=O) groups is 2. The van der Waals surface area contributed by atoms with Crippen LogP contribution in [0.1, 0.15) is 22.8 Å². The Bertz CT molecular complexity index is 700. The number of anilines is 1. The van der Waals surface area contributed by atoms with Crippen LogP contribution in [0, 0.1) is 5.92 Å². The minimum atomic E-state index is -1.02. The molecule has 0 radical (unpaired) electrons. The van der Waals surface area contributed by atoms with Crippen molar-refractivity contribution < 1.29 is 14.7 Å². The first kappa shape index (κ1) is 16.0. The first-order chi connectivity index (χ1) is 10.5. The molecule has 0 bridgehead atoms. The smallest absolute Gasteiger partial charge is 0.335 e. The lowest BCUT2D eigenvalue weighted by molar-refractivity contribution is -0.119. The Morgan fingerprint density at radius 2 is 1.91 bits per heavy atom. The number of nitrogens with one attached hydrogen (secondary N) is 1. The van der Waals surface area contributed by atoms with E-state index in [9.17, 15) is 9.59 Å². The normalized spacial score (nSPS) is 11.7. The maximum Gasteiger partial charge on any atom is 0.335 e. The van der Waals surface area contributed by atoms with E-state index in [0.717, 1.165) is 5.56 Å². The Morgan fingerprint density at radius 1 is 1.18 bits per heavy atom. The van der Waals surface area contributed by atoms with E-state index in [2.05, 4.69) is 5.32 Å². The van der Waals surface area contributed by atoms with E-state index in [1.54, 1.807) is 18.2 Å². The molecule has 0 aliphatic rings. The molecule has 2 rings (SSSR count). The maximum atomic E-state index is 12.2. The maximum absolute atomic E-state index is 12.2. The molecule has 5 heteroatoms. The van der Waals surface area contributed by atoms with Crippen LogP contribution in [0.2, 0.25) is 5.02 Å². The van der Waals surface area contributed by atoms with Gasteiger partial charge in [-0.2, -0.15) is 0 Å². The van der Waals surface area contributed by atoms with E-state index in [1.807, 2.05) is 25.1 Å². The van der Waals surface area contributed by atoms with Crippen molar-refractivity contribution in [1.82, 2.24) is 0 Å². The number of rotatable bonds is 5. The Balaban J connectivity index is 2.02. The van der Waals surface area contributed by atoms with Crippen LogP contribution in [0.15, 0.2) is 48.5 Å². The van der Waals surface area contributed by atoms with Gasteiger partial charge >= 0.3 is 5.97 Å². The Morgan fingerprint density at radius 3 is 2.59 bits per heavy atom. The summed E-state index contributed by atoms with van der Waals surface area (Å²) in [5, 5.41) is 12.3. The highest BCUT2D eigenvalue weighted by molar-refractivity contribution is 6.30. The van der Waals surface area contributed by atoms with Gasteiger partial charge in [-0.3, -0.25) is 4.79 Å². The van der Waals surface area contributed by atoms with Crippen molar-refractivity contribution in [3.63, 3.8) is 0 Å². The van der Waals surface area contributed by atoms with Gasteiger partial charge < -0.3 is 10.4 Å². The number of benzene rings is 2. The van der Waals surface area contributed by atoms with Gasteiger partial charge in [0, 0.05) is 16.6 Å². The van der Waals surface area contributed by atoms with Gasteiger partial charge in [0.25, 0.3) is 0 Å². The minimum absolute atomic E-state index is 0.139. The van der Waals surface area contributed by atoms with E-state index in [-0.39, 0.29) is 17.4 Å². The van der Waals surface area contributed by atoms with Crippen LogP contribution >= 0.6 is 11.6 Å². The van der Waals surface area contributed by atoms with Crippen LogP contribution in [-0.4, -0.2) is 17.0 Å². The van der Waals surface area contributed by atoms with E-state index in [4.69, 9.17) is 16.7 Å². The average Bonchev–Trinajstić information content (AvgIpc) is 2.47. The van der Waals surface area contributed by atoms with Crippen molar-refractivity contribution in [2.75, 3.05) is 5.32 Å². The highest BCUT2D eigenvalue weighted by atomic mass is 35.5. The van der Waals surface area contributed by atoms with Crippen molar-refractivity contribution in [2.45, 2.75) is 13.3 Å². The van der Waals surface area contributed by atoms with Crippen LogP contribution in [0.4, 0.5) is 5.69 Å². The molecule has 2 aromatic carbocycles. The van der Waals surface area contributed by atoms with Crippen LogP contribution in [0.5, 0.6) is 0 Å². The third kappa shape index (κ3) is 4.33. The van der Waals surface area contributed by atoms with Gasteiger partial charge in [0.1, 0.15) is 0 Å². The summed E-state index contributed by atoms with van der Waals surface area (Å²) < 4.78 is 0. The summed E-state index contributed by atoms with van der Waals surface area (Å²) in [6.07, 6.45) is 0.561. The third-order valence-electron chi connectivity index (χ3n) is 3.26. The number of carboxylic acid groups (broad SMARTS) is 1. The lowest BCUT2D eigenvalue weighted by atomic mass is 10.0. The molecular weight excluding hydrogens is 302 g/mol. The molecule has 2 aromatic rings. The summed E-state index contributed by atoms with van der Waals surface area (Å²) >= 11 is 5.93. The monoisotopic (exact) mass is 317 g/mol. The van der Waals surface area contributed by atoms with Crippen LogP contribution in [-0.2, 0) is 11.2 Å². The Kier molecular flexibility index (Phi) is 5.17. The predicted molar refractivity (Wildman–Crippen MR) is 86.4 cm³/mol. The van der Waals surface area contributed by atoms with Gasteiger partial charge in [-0.15, -0.1) is 0 Å². The average molecular weight is 318 g/mol. The van der Waals surface area contributed by atoms with E-state index in [0.29, 0.717) is 17.1 Å². The molecule has 1 atom stereocenters. The summed E-state index contributed by atoms with van der Waals surface area (Å²) in [5.74, 6) is -1.45. The van der Waals surface area contributed by atoms with Gasteiger partial charge in [-0.1, -0.05) is 36.7 Å². The van der Waals surface area contributed by atoms with Gasteiger partial charge in [0.05, 0.1) is 5.56 Å². The molecule has 114 valence electrons. The van der Waals surface area contributed by atoms with Crippen LogP contribution < -0.4 is 5.32 Å². The van der Waals surface area contributed by atoms with Crippen molar-refractivity contribution in [2.24, 2.45) is 5.92 Å². The molecule has 1 amide bonds. The zero-order valence-electron chi connectivity index (χ0n) is 12.0. The van der Waals surface area contributed by atoms with Crippen molar-refractivity contribution in [3.8, 4) is 0 Å². The molecule has 0 saturated carbocycles. The number of aromatic carboxylic acids is 1. The molecule has 1 unspecified atom stereocenters. The molecule has 0 aliphatic heterocycles. The largest absolute Gasteiger partial charge is 0.478 e. The van der Waals surface area contributed by atoms with Gasteiger partial charge in [0.15, 0.2) is 0 Å². The fraction of sp³-hybridized carbons (Fsp3) is 0.176. The summed E-state index contributed by atoms with van der Waals surface area (Å²) in [7, 11) is 0. The molecular formula is C17H16ClNO3. The quantitative estimate of drug-likeness (QED) is 0.880. The Hall–Kier alpha value is -2.33. The minimum Gasteiger partial charge on any atom is -0.478 e. The van der Waals surface area contributed by atoms with Crippen LogP contribution in [0.25, 0.3) is 0 Å². The number of hydrogen-bond acceptors (Lipinski definition) is 2. The number of hydrogen-bond donors (Lipinski definition) is 2. The summed E-state index contributed by atoms with van der Waals surface area (Å²) in [6, 6.07) is 13.6. The molecule has 22 heavy (non-hydrogen) atoms. The SMILES string of the molecule is CC(Cc1cccc(Cl)c1)C(=O)Nc1cccc(C(=O)O)c1. The molecule has 0 fully saturated rings. The lowest BCUT2D eigenvalue weighted by Crippen LogP contribution is -2.22. The highest BCUT2D eigenvalue weighted by Crippen LogP contribution is 2.17. The number of carbonyl (C=O) groups excluding carboxylic acids is 1. The van der Waals surface area contributed by atoms with Gasteiger partial charge in [0.2, 0.25) is 5.91 Å². The number of carboxylic acids is 1. The lowest BCUT2D eigenvalue weighted by Gasteiger charge is -2.13. The second-order valence-corrected chi connectivity index (χ2v) is 5.55. The second-order valence-electron chi connectivity index (χ2n) is 5.11. The zero-order valence-corrected chi connectivity index (χ0v) is 12.8. The first-order valence-corrected chi connectivity index (χ1v) is 7.22. The predicted octanol–water partition coefficient (Wildman–Crippen LogP) is 3.86. The molecule has 4 nitrogen and oxygen atoms in total. The van der Waals surface area contributed by atoms with E-state index < -0.39 is 5.97 Å². The topological polar surface area (TPSA) is 66.4 Å². The molecule has 0 saturated heterocycles. The second kappa shape index (κ2) is 7.09. The fourth-order valence-corrected chi connectivity index (χ4v) is 2.32. The summed E-state index contributed by atoms with van der Waals surface area (Å²) in [4.78, 5) is 23.1. The van der Waals surface area contributed by atoms with Gasteiger partial charge in [-0.05, 0) is 42.3 Å². The van der Waals surface area contributed by atoms with Crippen LogP contribution in [0.3, 0.4) is 0 Å². The highest BCUT2D eigenvalue weighted by Gasteiger charge is 2.14.